The number of carbonyl (C=O) groups excluding carboxylic acids is 1. The van der Waals surface area contributed by atoms with Crippen LogP contribution in [0, 0.1) is 20.8 Å². The summed E-state index contributed by atoms with van der Waals surface area (Å²) >= 11 is 0. The van der Waals surface area contributed by atoms with Crippen LogP contribution in [0.4, 0.5) is 0 Å². The monoisotopic (exact) mass is 329 g/mol. The first-order valence-electron chi connectivity index (χ1n) is 8.31. The van der Waals surface area contributed by atoms with Crippen molar-refractivity contribution < 1.29 is 14.1 Å². The Kier molecular flexibility index (Phi) is 4.83. The first kappa shape index (κ1) is 16.5. The fraction of sp³-hybridized carbons (Fsp3) is 0.500. The molecule has 0 saturated carbocycles. The summed E-state index contributed by atoms with van der Waals surface area (Å²) in [6, 6.07) is 5.86. The maximum Gasteiger partial charge on any atom is 0.260 e. The lowest BCUT2D eigenvalue weighted by atomic mass is 9.98. The Morgan fingerprint density at radius 3 is 2.88 bits per heavy atom. The van der Waals surface area contributed by atoms with Gasteiger partial charge < -0.3 is 14.2 Å². The van der Waals surface area contributed by atoms with Crippen molar-refractivity contribution in [2.24, 2.45) is 0 Å². The number of hydrogen-bond donors (Lipinski definition) is 0. The maximum atomic E-state index is 12.4. The van der Waals surface area contributed by atoms with E-state index in [2.05, 4.69) is 17.1 Å². The number of aromatic nitrogens is 2. The average molecular weight is 329 g/mol. The summed E-state index contributed by atoms with van der Waals surface area (Å²) in [5.41, 5.74) is 2.37. The molecule has 0 radical (unpaired) electrons. The van der Waals surface area contributed by atoms with Crippen molar-refractivity contribution in [3.63, 3.8) is 0 Å². The lowest BCUT2D eigenvalue weighted by Gasteiger charge is -2.31. The molecular formula is C18H23N3O3. The van der Waals surface area contributed by atoms with Crippen LogP contribution in [-0.4, -0.2) is 40.6 Å². The van der Waals surface area contributed by atoms with E-state index in [1.807, 2.05) is 30.0 Å². The number of benzene rings is 1. The zero-order chi connectivity index (χ0) is 17.1. The second kappa shape index (κ2) is 7.03. The van der Waals surface area contributed by atoms with Crippen LogP contribution in [0.25, 0.3) is 0 Å². The van der Waals surface area contributed by atoms with E-state index in [9.17, 15) is 4.79 Å². The van der Waals surface area contributed by atoms with E-state index < -0.39 is 0 Å². The number of hydrogen-bond acceptors (Lipinski definition) is 5. The van der Waals surface area contributed by atoms with Gasteiger partial charge in [0.1, 0.15) is 5.75 Å². The van der Waals surface area contributed by atoms with Crippen molar-refractivity contribution in [2.45, 2.75) is 39.5 Å². The van der Waals surface area contributed by atoms with Crippen molar-refractivity contribution >= 4 is 5.91 Å². The van der Waals surface area contributed by atoms with Gasteiger partial charge >= 0.3 is 0 Å². The fourth-order valence-corrected chi connectivity index (χ4v) is 2.92. The molecule has 1 aromatic heterocycles. The lowest BCUT2D eigenvalue weighted by molar-refractivity contribution is -0.134. The third kappa shape index (κ3) is 3.75. The van der Waals surface area contributed by atoms with E-state index in [0.29, 0.717) is 18.3 Å². The zero-order valence-electron chi connectivity index (χ0n) is 14.4. The zero-order valence-corrected chi connectivity index (χ0v) is 14.4. The van der Waals surface area contributed by atoms with Gasteiger partial charge in [-0.25, -0.2) is 0 Å². The van der Waals surface area contributed by atoms with Gasteiger partial charge in [0.05, 0.1) is 5.92 Å². The Balaban J connectivity index is 1.57. The molecule has 1 saturated heterocycles. The minimum Gasteiger partial charge on any atom is -0.484 e. The summed E-state index contributed by atoms with van der Waals surface area (Å²) in [4.78, 5) is 18.6. The molecule has 0 aliphatic carbocycles. The predicted molar refractivity (Wildman–Crippen MR) is 89.0 cm³/mol. The van der Waals surface area contributed by atoms with E-state index in [1.165, 1.54) is 5.56 Å². The van der Waals surface area contributed by atoms with Crippen LogP contribution in [0.1, 0.15) is 41.6 Å². The molecule has 1 aliphatic rings. The Morgan fingerprint density at radius 2 is 2.17 bits per heavy atom. The third-order valence-corrected chi connectivity index (χ3v) is 4.51. The SMILES string of the molecule is Cc1noc([C@H]2CCCN(C(=O)COc3ccc(C)c(C)c3)C2)n1. The van der Waals surface area contributed by atoms with Crippen LogP contribution in [0.2, 0.25) is 0 Å². The van der Waals surface area contributed by atoms with Crippen LogP contribution in [-0.2, 0) is 4.79 Å². The van der Waals surface area contributed by atoms with Crippen molar-refractivity contribution in [3.05, 3.63) is 41.0 Å². The fourth-order valence-electron chi connectivity index (χ4n) is 2.92. The van der Waals surface area contributed by atoms with Gasteiger partial charge in [-0.05, 0) is 56.9 Å². The lowest BCUT2D eigenvalue weighted by Crippen LogP contribution is -2.41. The van der Waals surface area contributed by atoms with Crippen molar-refractivity contribution in [1.82, 2.24) is 15.0 Å². The Bertz CT molecular complexity index is 726. The summed E-state index contributed by atoms with van der Waals surface area (Å²) in [6.45, 7) is 7.30. The average Bonchev–Trinajstić information content (AvgIpc) is 3.02. The van der Waals surface area contributed by atoms with Crippen molar-refractivity contribution in [3.8, 4) is 5.75 Å². The van der Waals surface area contributed by atoms with Gasteiger partial charge in [0.25, 0.3) is 5.91 Å². The third-order valence-electron chi connectivity index (χ3n) is 4.51. The van der Waals surface area contributed by atoms with Gasteiger partial charge in [0, 0.05) is 13.1 Å². The molecule has 2 aromatic rings. The first-order chi connectivity index (χ1) is 11.5. The number of carbonyl (C=O) groups is 1. The number of piperidine rings is 1. The van der Waals surface area contributed by atoms with E-state index >= 15 is 0 Å². The van der Waals surface area contributed by atoms with Crippen LogP contribution in [0.5, 0.6) is 5.75 Å². The molecule has 1 aromatic carbocycles. The minimum atomic E-state index is -0.00540. The smallest absolute Gasteiger partial charge is 0.260 e. The highest BCUT2D eigenvalue weighted by molar-refractivity contribution is 5.78. The van der Waals surface area contributed by atoms with Crippen LogP contribution in [0.15, 0.2) is 22.7 Å². The summed E-state index contributed by atoms with van der Waals surface area (Å²) in [5, 5.41) is 3.84. The van der Waals surface area contributed by atoms with Crippen LogP contribution < -0.4 is 4.74 Å². The minimum absolute atomic E-state index is 0.00540. The van der Waals surface area contributed by atoms with Gasteiger partial charge in [-0.2, -0.15) is 4.98 Å². The van der Waals surface area contributed by atoms with E-state index in [0.717, 1.165) is 30.7 Å². The molecule has 0 bridgehead atoms. The largest absolute Gasteiger partial charge is 0.484 e. The van der Waals surface area contributed by atoms with Gasteiger partial charge in [0.15, 0.2) is 12.4 Å². The normalized spacial score (nSPS) is 17.8. The molecule has 6 heteroatoms. The van der Waals surface area contributed by atoms with E-state index in [1.54, 1.807) is 6.92 Å². The molecule has 1 amide bonds. The van der Waals surface area contributed by atoms with Crippen molar-refractivity contribution in [2.75, 3.05) is 19.7 Å². The highest BCUT2D eigenvalue weighted by Crippen LogP contribution is 2.26. The van der Waals surface area contributed by atoms with Crippen LogP contribution >= 0.6 is 0 Å². The Hall–Kier alpha value is -2.37. The molecule has 0 unspecified atom stereocenters. The number of aryl methyl sites for hydroxylation is 3. The molecule has 1 atom stereocenters. The van der Waals surface area contributed by atoms with Crippen LogP contribution in [0.3, 0.4) is 0 Å². The van der Waals surface area contributed by atoms with E-state index in [4.69, 9.17) is 9.26 Å². The predicted octanol–water partition coefficient (Wildman–Crippen LogP) is 2.78. The molecule has 6 nitrogen and oxygen atoms in total. The quantitative estimate of drug-likeness (QED) is 0.863. The molecular weight excluding hydrogens is 306 g/mol. The number of rotatable bonds is 4. The van der Waals surface area contributed by atoms with Gasteiger partial charge in [-0.15, -0.1) is 0 Å². The topological polar surface area (TPSA) is 68.5 Å². The van der Waals surface area contributed by atoms with E-state index in [-0.39, 0.29) is 18.4 Å². The summed E-state index contributed by atoms with van der Waals surface area (Å²) in [5.74, 6) is 2.10. The first-order valence-corrected chi connectivity index (χ1v) is 8.31. The second-order valence-electron chi connectivity index (χ2n) is 6.39. The number of ether oxygens (including phenoxy) is 1. The summed E-state index contributed by atoms with van der Waals surface area (Å²) < 4.78 is 10.9. The molecule has 1 aliphatic heterocycles. The number of nitrogens with zero attached hydrogens (tertiary/aromatic N) is 3. The Labute approximate surface area is 141 Å². The molecule has 0 spiro atoms. The number of likely N-dealkylation sites (tertiary alicyclic amines) is 1. The van der Waals surface area contributed by atoms with Gasteiger partial charge in [-0.3, -0.25) is 4.79 Å². The Morgan fingerprint density at radius 1 is 1.33 bits per heavy atom. The second-order valence-corrected chi connectivity index (χ2v) is 6.39. The number of amides is 1. The molecule has 0 N–H and O–H groups in total. The molecule has 128 valence electrons. The summed E-state index contributed by atoms with van der Waals surface area (Å²) in [6.07, 6.45) is 1.89. The van der Waals surface area contributed by atoms with Gasteiger partial charge in [-0.1, -0.05) is 11.2 Å². The highest BCUT2D eigenvalue weighted by Gasteiger charge is 2.28. The molecule has 24 heavy (non-hydrogen) atoms. The highest BCUT2D eigenvalue weighted by atomic mass is 16.5. The van der Waals surface area contributed by atoms with Gasteiger partial charge in [0.2, 0.25) is 5.89 Å². The molecule has 3 rings (SSSR count). The standard InChI is InChI=1S/C18H23N3O3/c1-12-6-7-16(9-13(12)2)23-11-17(22)21-8-4-5-15(10-21)18-19-14(3)20-24-18/h6-7,9,15H,4-5,8,10-11H2,1-3H3/t15-/m0/s1. The molecule has 2 heterocycles. The van der Waals surface area contributed by atoms with Crippen molar-refractivity contribution in [1.29, 1.82) is 0 Å². The summed E-state index contributed by atoms with van der Waals surface area (Å²) in [7, 11) is 0. The molecule has 1 fully saturated rings. The maximum absolute atomic E-state index is 12.4.